The zero-order valence-corrected chi connectivity index (χ0v) is 10.1. The number of H-pyrrole nitrogens is 1. The van der Waals surface area contributed by atoms with E-state index in [4.69, 9.17) is 5.84 Å². The molecule has 0 fully saturated rings. The molecule has 3 rings (SSSR count). The highest BCUT2D eigenvalue weighted by molar-refractivity contribution is 5.95. The van der Waals surface area contributed by atoms with Gasteiger partial charge in [0, 0.05) is 11.1 Å². The van der Waals surface area contributed by atoms with Crippen LogP contribution < -0.4 is 11.3 Å². The number of fused-ring (bicyclic) bond motifs is 1. The number of amides is 1. The lowest BCUT2D eigenvalue weighted by atomic mass is 10.1. The molecule has 94 valence electrons. The van der Waals surface area contributed by atoms with E-state index >= 15 is 0 Å². The standard InChI is InChI=1S/C14H12N4O/c15-18-14(19)10-5-3-4-9(8-10)13-16-11-6-1-2-7-12(11)17-13/h1-8H,15H2,(H,16,17)(H,18,19). The van der Waals surface area contributed by atoms with Crippen LogP contribution in [-0.2, 0) is 0 Å². The number of carbonyl (C=O) groups is 1. The molecule has 1 amide bonds. The lowest BCUT2D eigenvalue weighted by molar-refractivity contribution is 0.0953. The normalized spacial score (nSPS) is 10.6. The van der Waals surface area contributed by atoms with Crippen LogP contribution in [0.3, 0.4) is 0 Å². The first-order valence-corrected chi connectivity index (χ1v) is 5.84. The van der Waals surface area contributed by atoms with Crippen molar-refractivity contribution in [1.82, 2.24) is 15.4 Å². The maximum Gasteiger partial charge on any atom is 0.265 e. The van der Waals surface area contributed by atoms with Crippen molar-refractivity contribution in [2.45, 2.75) is 0 Å². The minimum absolute atomic E-state index is 0.321. The van der Waals surface area contributed by atoms with E-state index in [0.29, 0.717) is 5.56 Å². The van der Waals surface area contributed by atoms with Crippen molar-refractivity contribution >= 4 is 16.9 Å². The smallest absolute Gasteiger partial charge is 0.265 e. The predicted octanol–water partition coefficient (Wildman–Crippen LogP) is 1.83. The number of nitrogens with two attached hydrogens (primary N) is 1. The molecule has 0 unspecified atom stereocenters. The third-order valence-electron chi connectivity index (χ3n) is 2.92. The first-order chi connectivity index (χ1) is 9.28. The largest absolute Gasteiger partial charge is 0.338 e. The highest BCUT2D eigenvalue weighted by atomic mass is 16.2. The number of nitrogens with zero attached hydrogens (tertiary/aromatic N) is 1. The fourth-order valence-corrected chi connectivity index (χ4v) is 1.98. The van der Waals surface area contributed by atoms with Crippen molar-refractivity contribution in [3.05, 3.63) is 54.1 Å². The van der Waals surface area contributed by atoms with Gasteiger partial charge in [0.25, 0.3) is 5.91 Å². The Kier molecular flexibility index (Phi) is 2.74. The Morgan fingerprint density at radius 3 is 2.79 bits per heavy atom. The Morgan fingerprint density at radius 1 is 1.16 bits per heavy atom. The van der Waals surface area contributed by atoms with E-state index in [1.165, 1.54) is 0 Å². The molecule has 0 atom stereocenters. The van der Waals surface area contributed by atoms with Gasteiger partial charge in [-0.2, -0.15) is 0 Å². The summed E-state index contributed by atoms with van der Waals surface area (Å²) >= 11 is 0. The Hall–Kier alpha value is -2.66. The molecule has 0 bridgehead atoms. The average molecular weight is 252 g/mol. The summed E-state index contributed by atoms with van der Waals surface area (Å²) in [5.41, 5.74) is 5.32. The molecule has 1 heterocycles. The first kappa shape index (κ1) is 11.4. The number of benzene rings is 2. The van der Waals surface area contributed by atoms with E-state index in [9.17, 15) is 4.79 Å². The second-order valence-corrected chi connectivity index (χ2v) is 4.16. The SMILES string of the molecule is NNC(=O)c1cccc(-c2nc3ccccc3[nH]2)c1. The van der Waals surface area contributed by atoms with Gasteiger partial charge in [-0.05, 0) is 24.3 Å². The van der Waals surface area contributed by atoms with E-state index < -0.39 is 0 Å². The summed E-state index contributed by atoms with van der Waals surface area (Å²) < 4.78 is 0. The quantitative estimate of drug-likeness (QED) is 0.369. The number of aromatic nitrogens is 2. The second kappa shape index (κ2) is 4.55. The minimum Gasteiger partial charge on any atom is -0.338 e. The highest BCUT2D eigenvalue weighted by Gasteiger charge is 2.08. The Balaban J connectivity index is 2.08. The van der Waals surface area contributed by atoms with Gasteiger partial charge in [0.15, 0.2) is 0 Å². The fourth-order valence-electron chi connectivity index (χ4n) is 1.98. The van der Waals surface area contributed by atoms with E-state index in [2.05, 4.69) is 15.4 Å². The zero-order valence-electron chi connectivity index (χ0n) is 10.1. The molecule has 1 aromatic heterocycles. The lowest BCUT2D eigenvalue weighted by Gasteiger charge is -2.01. The van der Waals surface area contributed by atoms with E-state index in [1.54, 1.807) is 18.2 Å². The molecule has 19 heavy (non-hydrogen) atoms. The molecule has 0 saturated heterocycles. The molecule has 2 aromatic carbocycles. The molecule has 0 aliphatic rings. The van der Waals surface area contributed by atoms with Crippen molar-refractivity contribution in [2.24, 2.45) is 5.84 Å². The monoisotopic (exact) mass is 252 g/mol. The van der Waals surface area contributed by atoms with Gasteiger partial charge < -0.3 is 4.98 Å². The van der Waals surface area contributed by atoms with Crippen molar-refractivity contribution < 1.29 is 4.79 Å². The number of nitrogens with one attached hydrogen (secondary N) is 2. The number of carbonyl (C=O) groups excluding carboxylic acids is 1. The first-order valence-electron chi connectivity index (χ1n) is 5.84. The van der Waals surface area contributed by atoms with Crippen LogP contribution in [-0.4, -0.2) is 15.9 Å². The van der Waals surface area contributed by atoms with Crippen LogP contribution in [0.2, 0.25) is 0 Å². The number of hydrogen-bond donors (Lipinski definition) is 3. The van der Waals surface area contributed by atoms with Gasteiger partial charge in [0.05, 0.1) is 11.0 Å². The van der Waals surface area contributed by atoms with Gasteiger partial charge in [-0.15, -0.1) is 0 Å². The summed E-state index contributed by atoms with van der Waals surface area (Å²) in [6.45, 7) is 0. The van der Waals surface area contributed by atoms with Crippen LogP contribution in [0, 0.1) is 0 Å². The predicted molar refractivity (Wildman–Crippen MR) is 73.2 cm³/mol. The van der Waals surface area contributed by atoms with Gasteiger partial charge in [0.2, 0.25) is 0 Å². The van der Waals surface area contributed by atoms with Crippen LogP contribution in [0.5, 0.6) is 0 Å². The summed E-state index contributed by atoms with van der Waals surface area (Å²) in [7, 11) is 0. The number of hydrazine groups is 1. The van der Waals surface area contributed by atoms with Gasteiger partial charge in [-0.3, -0.25) is 10.2 Å². The van der Waals surface area contributed by atoms with E-state index in [-0.39, 0.29) is 5.91 Å². The number of para-hydroxylation sites is 2. The van der Waals surface area contributed by atoms with Crippen LogP contribution in [0.4, 0.5) is 0 Å². The topological polar surface area (TPSA) is 83.8 Å². The summed E-state index contributed by atoms with van der Waals surface area (Å²) in [6, 6.07) is 14.9. The number of hydrogen-bond acceptors (Lipinski definition) is 3. The fraction of sp³-hybridized carbons (Fsp3) is 0. The zero-order chi connectivity index (χ0) is 13.2. The Labute approximate surface area is 109 Å². The molecule has 5 heteroatoms. The van der Waals surface area contributed by atoms with Gasteiger partial charge >= 0.3 is 0 Å². The summed E-state index contributed by atoms with van der Waals surface area (Å²) in [4.78, 5) is 19.2. The van der Waals surface area contributed by atoms with Crippen molar-refractivity contribution in [1.29, 1.82) is 0 Å². The lowest BCUT2D eigenvalue weighted by Crippen LogP contribution is -2.29. The van der Waals surface area contributed by atoms with Crippen molar-refractivity contribution in [3.8, 4) is 11.4 Å². The molecule has 0 aliphatic carbocycles. The molecule has 0 spiro atoms. The van der Waals surface area contributed by atoms with Gasteiger partial charge in [-0.25, -0.2) is 10.8 Å². The Bertz CT molecular complexity index is 715. The number of nitrogen functional groups attached to an aromatic ring is 1. The van der Waals surface area contributed by atoms with Crippen LogP contribution in [0.1, 0.15) is 10.4 Å². The molecule has 4 N–H and O–H groups in total. The number of imidazole rings is 1. The summed E-state index contributed by atoms with van der Waals surface area (Å²) in [6.07, 6.45) is 0. The van der Waals surface area contributed by atoms with Gasteiger partial charge in [-0.1, -0.05) is 24.3 Å². The molecular weight excluding hydrogens is 240 g/mol. The molecule has 0 radical (unpaired) electrons. The van der Waals surface area contributed by atoms with Crippen molar-refractivity contribution in [3.63, 3.8) is 0 Å². The summed E-state index contributed by atoms with van der Waals surface area (Å²) in [5.74, 6) is 5.54. The minimum atomic E-state index is -0.321. The Morgan fingerprint density at radius 2 is 2.00 bits per heavy atom. The molecule has 0 aliphatic heterocycles. The maximum absolute atomic E-state index is 11.5. The van der Waals surface area contributed by atoms with Crippen LogP contribution in [0.15, 0.2) is 48.5 Å². The number of aromatic amines is 1. The van der Waals surface area contributed by atoms with Crippen LogP contribution >= 0.6 is 0 Å². The van der Waals surface area contributed by atoms with Crippen molar-refractivity contribution in [2.75, 3.05) is 0 Å². The van der Waals surface area contributed by atoms with Gasteiger partial charge in [0.1, 0.15) is 5.82 Å². The highest BCUT2D eigenvalue weighted by Crippen LogP contribution is 2.21. The van der Waals surface area contributed by atoms with E-state index in [1.807, 2.05) is 30.3 Å². The molecular formula is C14H12N4O. The average Bonchev–Trinajstić information content (AvgIpc) is 2.90. The van der Waals surface area contributed by atoms with E-state index in [0.717, 1.165) is 22.4 Å². The molecule has 5 nitrogen and oxygen atoms in total. The molecule has 3 aromatic rings. The molecule has 0 saturated carbocycles. The second-order valence-electron chi connectivity index (χ2n) is 4.16. The maximum atomic E-state index is 11.5. The third kappa shape index (κ3) is 2.07. The number of rotatable bonds is 2. The van der Waals surface area contributed by atoms with Crippen LogP contribution in [0.25, 0.3) is 22.4 Å². The third-order valence-corrected chi connectivity index (χ3v) is 2.92. The summed E-state index contributed by atoms with van der Waals surface area (Å²) in [5, 5.41) is 0.